The summed E-state index contributed by atoms with van der Waals surface area (Å²) in [5.74, 6) is 1.68. The molecular formula is C20H25F3N8O. The zero-order valence-electron chi connectivity index (χ0n) is 17.9. The molecule has 3 aromatic heterocycles. The second kappa shape index (κ2) is 9.25. The van der Waals surface area contributed by atoms with E-state index in [0.717, 1.165) is 26.2 Å². The lowest BCUT2D eigenvalue weighted by atomic mass is 10.3. The number of ether oxygens (including phenoxy) is 1. The van der Waals surface area contributed by atoms with Gasteiger partial charge in [-0.3, -0.25) is 4.68 Å². The van der Waals surface area contributed by atoms with E-state index in [9.17, 15) is 13.2 Å². The normalized spacial score (nSPS) is 15.5. The highest BCUT2D eigenvalue weighted by Gasteiger charge is 2.27. The molecule has 9 nitrogen and oxygen atoms in total. The lowest BCUT2D eigenvalue weighted by Gasteiger charge is -2.32. The summed E-state index contributed by atoms with van der Waals surface area (Å²) in [6, 6.07) is 5.47. The monoisotopic (exact) mass is 450 g/mol. The molecule has 1 fully saturated rings. The fourth-order valence-electron chi connectivity index (χ4n) is 3.51. The van der Waals surface area contributed by atoms with Crippen LogP contribution in [-0.2, 0) is 11.3 Å². The van der Waals surface area contributed by atoms with E-state index in [1.807, 2.05) is 25.1 Å². The second-order valence-electron chi connectivity index (χ2n) is 7.68. The van der Waals surface area contributed by atoms with E-state index in [1.165, 1.54) is 0 Å². The summed E-state index contributed by atoms with van der Waals surface area (Å²) in [7, 11) is 2.07. The lowest BCUT2D eigenvalue weighted by molar-refractivity contribution is -0.174. The third-order valence-electron chi connectivity index (χ3n) is 5.15. The van der Waals surface area contributed by atoms with Crippen molar-refractivity contribution >= 4 is 28.6 Å². The van der Waals surface area contributed by atoms with E-state index in [-0.39, 0.29) is 13.2 Å². The van der Waals surface area contributed by atoms with Crippen molar-refractivity contribution in [3.63, 3.8) is 0 Å². The highest BCUT2D eigenvalue weighted by molar-refractivity contribution is 5.90. The van der Waals surface area contributed by atoms with Crippen molar-refractivity contribution in [3.8, 4) is 0 Å². The van der Waals surface area contributed by atoms with Crippen LogP contribution in [0.5, 0.6) is 0 Å². The Morgan fingerprint density at radius 2 is 1.91 bits per heavy atom. The highest BCUT2D eigenvalue weighted by atomic mass is 19.4. The van der Waals surface area contributed by atoms with Gasteiger partial charge in [0, 0.05) is 32.4 Å². The van der Waals surface area contributed by atoms with Crippen molar-refractivity contribution in [3.05, 3.63) is 30.1 Å². The Bertz CT molecular complexity index is 1050. The quantitative estimate of drug-likeness (QED) is 0.550. The number of anilines is 3. The number of alkyl halides is 3. The van der Waals surface area contributed by atoms with Crippen molar-refractivity contribution in [2.24, 2.45) is 0 Å². The number of halogens is 3. The molecule has 4 rings (SSSR count). The molecule has 0 bridgehead atoms. The number of nitrogens with one attached hydrogen (secondary N) is 1. The SMILES string of the molecule is Cc1nn(CCOCC(F)(F)F)c2c(Nc3ccccn3)nc(N3CCN(C)CC3)nc12. The number of hydrogen-bond donors (Lipinski definition) is 1. The Labute approximate surface area is 183 Å². The number of fused-ring (bicyclic) bond motifs is 1. The number of nitrogens with zero attached hydrogens (tertiary/aromatic N) is 7. The third-order valence-corrected chi connectivity index (χ3v) is 5.15. The summed E-state index contributed by atoms with van der Waals surface area (Å²) in [6.45, 7) is 3.91. The Hall–Kier alpha value is -2.99. The molecule has 0 unspecified atom stereocenters. The molecule has 1 aliphatic heterocycles. The van der Waals surface area contributed by atoms with Gasteiger partial charge in [-0.25, -0.2) is 9.97 Å². The fourth-order valence-corrected chi connectivity index (χ4v) is 3.51. The van der Waals surface area contributed by atoms with Gasteiger partial charge in [-0.1, -0.05) is 6.07 Å². The number of aromatic nitrogens is 5. The summed E-state index contributed by atoms with van der Waals surface area (Å²) in [5.41, 5.74) is 1.91. The van der Waals surface area contributed by atoms with Gasteiger partial charge in [-0.05, 0) is 26.1 Å². The van der Waals surface area contributed by atoms with Gasteiger partial charge in [0.1, 0.15) is 23.5 Å². The van der Waals surface area contributed by atoms with Gasteiger partial charge in [-0.2, -0.15) is 23.3 Å². The Morgan fingerprint density at radius 3 is 2.59 bits per heavy atom. The van der Waals surface area contributed by atoms with Crippen LogP contribution in [0, 0.1) is 6.92 Å². The second-order valence-corrected chi connectivity index (χ2v) is 7.68. The molecule has 0 saturated carbocycles. The molecule has 1 aliphatic rings. The van der Waals surface area contributed by atoms with Gasteiger partial charge in [-0.15, -0.1) is 0 Å². The first-order valence-electron chi connectivity index (χ1n) is 10.3. The van der Waals surface area contributed by atoms with E-state index >= 15 is 0 Å². The van der Waals surface area contributed by atoms with Crippen LogP contribution in [0.15, 0.2) is 24.4 Å². The predicted octanol–water partition coefficient (Wildman–Crippen LogP) is 2.60. The maximum Gasteiger partial charge on any atom is 0.411 e. The average Bonchev–Trinajstić information content (AvgIpc) is 3.08. The van der Waals surface area contributed by atoms with Gasteiger partial charge in [0.2, 0.25) is 5.95 Å². The van der Waals surface area contributed by atoms with Gasteiger partial charge < -0.3 is 19.9 Å². The topological polar surface area (TPSA) is 84.2 Å². The number of likely N-dealkylation sites (N-methyl/N-ethyl adjacent to an activating group) is 1. The Balaban J connectivity index is 1.67. The molecule has 32 heavy (non-hydrogen) atoms. The van der Waals surface area contributed by atoms with Gasteiger partial charge in [0.05, 0.1) is 18.8 Å². The molecule has 3 aromatic rings. The minimum Gasteiger partial charge on any atom is -0.370 e. The Kier molecular flexibility index (Phi) is 6.42. The molecule has 4 heterocycles. The standard InChI is InChI=1S/C20H25F3N8O/c1-14-16-17(31(28-14)11-12-32-13-20(21,22)23)18(25-15-5-3-4-6-24-15)27-19(26-16)30-9-7-29(2)8-10-30/h3-6H,7-13H2,1-2H3,(H,24,25,26,27). The molecule has 0 aliphatic carbocycles. The van der Waals surface area contributed by atoms with Crippen LogP contribution in [0.4, 0.5) is 30.8 Å². The van der Waals surface area contributed by atoms with E-state index in [1.54, 1.807) is 10.9 Å². The van der Waals surface area contributed by atoms with E-state index < -0.39 is 12.8 Å². The molecule has 0 radical (unpaired) electrons. The van der Waals surface area contributed by atoms with Crippen molar-refractivity contribution in [1.82, 2.24) is 29.6 Å². The van der Waals surface area contributed by atoms with Crippen molar-refractivity contribution < 1.29 is 17.9 Å². The molecule has 172 valence electrons. The molecule has 0 amide bonds. The first-order valence-corrected chi connectivity index (χ1v) is 10.3. The zero-order valence-corrected chi connectivity index (χ0v) is 17.9. The summed E-state index contributed by atoms with van der Waals surface area (Å²) in [5, 5.41) is 7.71. The zero-order chi connectivity index (χ0) is 22.7. The van der Waals surface area contributed by atoms with Crippen LogP contribution in [0.2, 0.25) is 0 Å². The molecule has 0 spiro atoms. The van der Waals surface area contributed by atoms with Gasteiger partial charge in [0.25, 0.3) is 0 Å². The van der Waals surface area contributed by atoms with Crippen LogP contribution < -0.4 is 10.2 Å². The maximum atomic E-state index is 12.4. The lowest BCUT2D eigenvalue weighted by Crippen LogP contribution is -2.45. The highest BCUT2D eigenvalue weighted by Crippen LogP contribution is 2.28. The smallest absolute Gasteiger partial charge is 0.370 e. The van der Waals surface area contributed by atoms with E-state index in [4.69, 9.17) is 14.7 Å². The number of rotatable bonds is 7. The number of pyridine rings is 1. The van der Waals surface area contributed by atoms with E-state index in [0.29, 0.717) is 34.3 Å². The minimum atomic E-state index is -4.37. The van der Waals surface area contributed by atoms with Crippen LogP contribution in [0.25, 0.3) is 11.0 Å². The third kappa shape index (κ3) is 5.25. The minimum absolute atomic E-state index is 0.133. The molecular weight excluding hydrogens is 425 g/mol. The molecule has 12 heteroatoms. The Morgan fingerprint density at radius 1 is 1.12 bits per heavy atom. The van der Waals surface area contributed by atoms with Crippen LogP contribution in [0.1, 0.15) is 5.69 Å². The van der Waals surface area contributed by atoms with Crippen molar-refractivity contribution in [2.75, 3.05) is 56.7 Å². The van der Waals surface area contributed by atoms with Crippen molar-refractivity contribution in [1.29, 1.82) is 0 Å². The van der Waals surface area contributed by atoms with Crippen LogP contribution >= 0.6 is 0 Å². The van der Waals surface area contributed by atoms with Gasteiger partial charge >= 0.3 is 6.18 Å². The average molecular weight is 450 g/mol. The molecule has 1 saturated heterocycles. The fraction of sp³-hybridized carbons (Fsp3) is 0.500. The summed E-state index contributed by atoms with van der Waals surface area (Å²) >= 11 is 0. The maximum absolute atomic E-state index is 12.4. The number of hydrogen-bond acceptors (Lipinski definition) is 8. The number of piperazine rings is 1. The largest absolute Gasteiger partial charge is 0.411 e. The van der Waals surface area contributed by atoms with Crippen LogP contribution in [0.3, 0.4) is 0 Å². The summed E-state index contributed by atoms with van der Waals surface area (Å²) in [6.07, 6.45) is -2.70. The van der Waals surface area contributed by atoms with E-state index in [2.05, 4.69) is 32.2 Å². The first kappa shape index (κ1) is 22.2. The molecule has 0 atom stereocenters. The first-order chi connectivity index (χ1) is 15.3. The molecule has 0 aromatic carbocycles. The summed E-state index contributed by atoms with van der Waals surface area (Å²) in [4.78, 5) is 18.2. The predicted molar refractivity (Wildman–Crippen MR) is 114 cm³/mol. The van der Waals surface area contributed by atoms with Gasteiger partial charge in [0.15, 0.2) is 5.82 Å². The summed E-state index contributed by atoms with van der Waals surface area (Å²) < 4.78 is 43.6. The number of aryl methyl sites for hydroxylation is 1. The van der Waals surface area contributed by atoms with Crippen molar-refractivity contribution in [2.45, 2.75) is 19.6 Å². The van der Waals surface area contributed by atoms with Crippen LogP contribution in [-0.4, -0.2) is 82.2 Å². The molecule has 1 N–H and O–H groups in total.